The Balaban J connectivity index is 1.91. The largest absolute Gasteiger partial charge is 0.372 e. The summed E-state index contributed by atoms with van der Waals surface area (Å²) in [7, 11) is 0. The summed E-state index contributed by atoms with van der Waals surface area (Å²) in [5, 5.41) is 13.7. The van der Waals surface area contributed by atoms with Crippen LogP contribution in [0.5, 0.6) is 0 Å². The number of thiocarbonyl (C=S) groups is 1. The zero-order valence-corrected chi connectivity index (χ0v) is 17.0. The topological polar surface area (TPSA) is 74.2 Å². The first-order valence-electron chi connectivity index (χ1n) is 10.0. The maximum Gasteiger partial charge on any atom is 0.314 e. The van der Waals surface area contributed by atoms with Gasteiger partial charge in [0.25, 0.3) is 0 Å². The molecule has 5 nitrogen and oxygen atoms in total. The fraction of sp³-hybridized carbons (Fsp3) is 0.750. The van der Waals surface area contributed by atoms with Crippen molar-refractivity contribution in [1.82, 2.24) is 10.6 Å². The van der Waals surface area contributed by atoms with E-state index in [-0.39, 0.29) is 12.1 Å². The van der Waals surface area contributed by atoms with Gasteiger partial charge in [0.2, 0.25) is 0 Å². The van der Waals surface area contributed by atoms with Crippen molar-refractivity contribution >= 4 is 28.8 Å². The Bertz CT molecular complexity index is 466. The third-order valence-electron chi connectivity index (χ3n) is 4.41. The lowest BCUT2D eigenvalue weighted by Gasteiger charge is -2.23. The average Bonchev–Trinajstić information content (AvgIpc) is 2.63. The summed E-state index contributed by atoms with van der Waals surface area (Å²) in [6.45, 7) is 4.28. The summed E-state index contributed by atoms with van der Waals surface area (Å²) in [5.41, 5.74) is 0.511. The number of allylic oxidation sites excluding steroid dienone is 1. The van der Waals surface area contributed by atoms with Crippen molar-refractivity contribution in [2.45, 2.75) is 77.2 Å². The van der Waals surface area contributed by atoms with Crippen molar-refractivity contribution < 1.29 is 9.53 Å². The van der Waals surface area contributed by atoms with Gasteiger partial charge >= 0.3 is 6.03 Å². The molecule has 1 saturated carbocycles. The molecule has 0 aromatic rings. The standard InChI is InChI=1S/C20H35N3O2S/c1-2-3-8-14-22-20(24)23-15-9-6-4-5-7-10-16-25-17-12-11-13-18(26)19(17)21/h5,7,17,21H,2-4,6,8-16H2,1H3,(H2,22,23,24). The van der Waals surface area contributed by atoms with E-state index >= 15 is 0 Å². The number of hydrogen-bond donors (Lipinski definition) is 3. The monoisotopic (exact) mass is 381 g/mol. The van der Waals surface area contributed by atoms with Crippen molar-refractivity contribution in [3.05, 3.63) is 12.2 Å². The minimum Gasteiger partial charge on any atom is -0.372 e. The molecule has 26 heavy (non-hydrogen) atoms. The van der Waals surface area contributed by atoms with Gasteiger partial charge < -0.3 is 20.8 Å². The van der Waals surface area contributed by atoms with E-state index in [0.29, 0.717) is 12.3 Å². The summed E-state index contributed by atoms with van der Waals surface area (Å²) in [4.78, 5) is 12.3. The number of ether oxygens (including phenoxy) is 1. The molecule has 3 N–H and O–H groups in total. The lowest BCUT2D eigenvalue weighted by atomic mass is 9.95. The fourth-order valence-corrected chi connectivity index (χ4v) is 3.09. The lowest BCUT2D eigenvalue weighted by molar-refractivity contribution is 0.0937. The number of hydrogen-bond acceptors (Lipinski definition) is 4. The Morgan fingerprint density at radius 2 is 1.88 bits per heavy atom. The van der Waals surface area contributed by atoms with E-state index in [1.165, 1.54) is 6.42 Å². The smallest absolute Gasteiger partial charge is 0.314 e. The highest BCUT2D eigenvalue weighted by Gasteiger charge is 2.23. The number of unbranched alkanes of at least 4 members (excludes halogenated alkanes) is 4. The number of carbonyl (C=O) groups excluding carboxylic acids is 1. The molecule has 0 aromatic carbocycles. The first-order chi connectivity index (χ1) is 12.6. The molecule has 6 heteroatoms. The van der Waals surface area contributed by atoms with E-state index in [0.717, 1.165) is 75.7 Å². The predicted octanol–water partition coefficient (Wildman–Crippen LogP) is 4.55. The SMILES string of the molecule is CCCCCNC(=O)NCCCCC=CCCOC1CCCC(=S)C1=N. The third-order valence-corrected chi connectivity index (χ3v) is 4.84. The van der Waals surface area contributed by atoms with Crippen LogP contribution in [0.4, 0.5) is 4.79 Å². The van der Waals surface area contributed by atoms with Gasteiger partial charge in [0.15, 0.2) is 0 Å². The van der Waals surface area contributed by atoms with Crippen molar-refractivity contribution in [2.24, 2.45) is 0 Å². The van der Waals surface area contributed by atoms with Gasteiger partial charge in [-0.3, -0.25) is 0 Å². The van der Waals surface area contributed by atoms with Gasteiger partial charge in [-0.1, -0.05) is 44.1 Å². The molecule has 1 rings (SSSR count). The van der Waals surface area contributed by atoms with Crippen molar-refractivity contribution in [1.29, 1.82) is 5.41 Å². The Hall–Kier alpha value is -1.27. The van der Waals surface area contributed by atoms with E-state index in [1.807, 2.05) is 0 Å². The van der Waals surface area contributed by atoms with E-state index in [4.69, 9.17) is 22.4 Å². The first kappa shape index (κ1) is 22.8. The summed E-state index contributed by atoms with van der Waals surface area (Å²) in [5.74, 6) is 0. The maximum absolute atomic E-state index is 11.5. The van der Waals surface area contributed by atoms with Crippen LogP contribution in [0.15, 0.2) is 12.2 Å². The van der Waals surface area contributed by atoms with E-state index in [9.17, 15) is 4.79 Å². The van der Waals surface area contributed by atoms with Crippen LogP contribution in [0.1, 0.15) is 71.1 Å². The van der Waals surface area contributed by atoms with E-state index < -0.39 is 0 Å². The number of amides is 2. The number of urea groups is 1. The van der Waals surface area contributed by atoms with Gasteiger partial charge in [0.05, 0.1) is 18.4 Å². The molecule has 0 spiro atoms. The van der Waals surface area contributed by atoms with Crippen LogP contribution in [0.2, 0.25) is 0 Å². The summed E-state index contributed by atoms with van der Waals surface area (Å²) in [6.07, 6.45) is 14.3. The summed E-state index contributed by atoms with van der Waals surface area (Å²) < 4.78 is 5.77. The van der Waals surface area contributed by atoms with Crippen molar-refractivity contribution in [3.8, 4) is 0 Å². The molecule has 0 heterocycles. The minimum atomic E-state index is -0.0937. The molecule has 0 aliphatic heterocycles. The van der Waals surface area contributed by atoms with Gasteiger partial charge in [-0.15, -0.1) is 0 Å². The third kappa shape index (κ3) is 10.7. The second kappa shape index (κ2) is 14.9. The molecule has 1 unspecified atom stereocenters. The predicted molar refractivity (Wildman–Crippen MR) is 112 cm³/mol. The highest BCUT2D eigenvalue weighted by Crippen LogP contribution is 2.16. The molecule has 1 aliphatic rings. The number of rotatable bonds is 13. The molecule has 1 aliphatic carbocycles. The average molecular weight is 382 g/mol. The number of nitrogens with one attached hydrogen (secondary N) is 3. The summed E-state index contributed by atoms with van der Waals surface area (Å²) >= 11 is 5.18. The molecule has 0 saturated heterocycles. The zero-order chi connectivity index (χ0) is 19.0. The van der Waals surface area contributed by atoms with Gasteiger partial charge in [0, 0.05) is 18.0 Å². The second-order valence-electron chi connectivity index (χ2n) is 6.73. The van der Waals surface area contributed by atoms with Crippen LogP contribution >= 0.6 is 12.2 Å². The Morgan fingerprint density at radius 1 is 1.19 bits per heavy atom. The molecular weight excluding hydrogens is 346 g/mol. The van der Waals surface area contributed by atoms with Crippen LogP contribution in [0.25, 0.3) is 0 Å². The Morgan fingerprint density at radius 3 is 2.62 bits per heavy atom. The Labute approximate surface area is 163 Å². The lowest BCUT2D eigenvalue weighted by Crippen LogP contribution is -2.36. The molecule has 0 radical (unpaired) electrons. The quantitative estimate of drug-likeness (QED) is 0.249. The zero-order valence-electron chi connectivity index (χ0n) is 16.1. The molecule has 0 aromatic heterocycles. The molecule has 1 atom stereocenters. The van der Waals surface area contributed by atoms with E-state index in [2.05, 4.69) is 29.7 Å². The minimum absolute atomic E-state index is 0.0541. The maximum atomic E-state index is 11.5. The molecule has 0 bridgehead atoms. The van der Waals surface area contributed by atoms with Crippen LogP contribution in [0.3, 0.4) is 0 Å². The highest BCUT2D eigenvalue weighted by atomic mass is 32.1. The van der Waals surface area contributed by atoms with Gasteiger partial charge in [-0.05, 0) is 51.4 Å². The van der Waals surface area contributed by atoms with Gasteiger partial charge in [-0.2, -0.15) is 0 Å². The highest BCUT2D eigenvalue weighted by molar-refractivity contribution is 7.82. The Kier molecular flexibility index (Phi) is 13.0. The second-order valence-corrected chi connectivity index (χ2v) is 7.23. The summed E-state index contributed by atoms with van der Waals surface area (Å²) in [6, 6.07) is -0.0541. The number of carbonyl (C=O) groups is 1. The van der Waals surface area contributed by atoms with Crippen LogP contribution in [-0.4, -0.2) is 42.4 Å². The molecule has 2 amide bonds. The fourth-order valence-electron chi connectivity index (χ4n) is 2.82. The van der Waals surface area contributed by atoms with Crippen LogP contribution in [0, 0.1) is 5.41 Å². The normalized spacial score (nSPS) is 17.7. The molecule has 1 fully saturated rings. The van der Waals surface area contributed by atoms with Crippen LogP contribution < -0.4 is 10.6 Å². The van der Waals surface area contributed by atoms with E-state index in [1.54, 1.807) is 0 Å². The van der Waals surface area contributed by atoms with Crippen LogP contribution in [-0.2, 0) is 4.74 Å². The molecule has 148 valence electrons. The van der Waals surface area contributed by atoms with Gasteiger partial charge in [0.1, 0.15) is 0 Å². The first-order valence-corrected chi connectivity index (χ1v) is 10.5. The van der Waals surface area contributed by atoms with Crippen molar-refractivity contribution in [3.63, 3.8) is 0 Å². The molecular formula is C20H35N3O2S. The van der Waals surface area contributed by atoms with Crippen molar-refractivity contribution in [2.75, 3.05) is 19.7 Å². The van der Waals surface area contributed by atoms with Gasteiger partial charge in [-0.25, -0.2) is 4.79 Å².